The second kappa shape index (κ2) is 8.20. The van der Waals surface area contributed by atoms with Crippen LogP contribution >= 0.6 is 0 Å². The van der Waals surface area contributed by atoms with E-state index in [0.717, 1.165) is 25.7 Å². The summed E-state index contributed by atoms with van der Waals surface area (Å²) in [6, 6.07) is 4.64. The highest BCUT2D eigenvalue weighted by Crippen LogP contribution is 2.30. The molecule has 1 fully saturated rings. The molecule has 1 atom stereocenters. The van der Waals surface area contributed by atoms with E-state index in [9.17, 15) is 19.7 Å². The monoisotopic (exact) mass is 373 g/mol. The first-order valence-electron chi connectivity index (χ1n) is 9.15. The van der Waals surface area contributed by atoms with Crippen LogP contribution in [0.5, 0.6) is 0 Å². The molecule has 0 saturated heterocycles. The van der Waals surface area contributed by atoms with Crippen LogP contribution in [0.2, 0.25) is 0 Å². The number of ether oxygens (including phenoxy) is 1. The van der Waals surface area contributed by atoms with Gasteiger partial charge in [0.1, 0.15) is 0 Å². The van der Waals surface area contributed by atoms with Gasteiger partial charge < -0.3 is 15.4 Å². The highest BCUT2D eigenvalue weighted by Gasteiger charge is 2.33. The molecule has 27 heavy (non-hydrogen) atoms. The average molecular weight is 373 g/mol. The average Bonchev–Trinajstić information content (AvgIpc) is 2.66. The lowest BCUT2D eigenvalue weighted by molar-refractivity contribution is -0.384. The van der Waals surface area contributed by atoms with Gasteiger partial charge in [-0.2, -0.15) is 0 Å². The zero-order chi connectivity index (χ0) is 19.4. The number of urea groups is 1. The molecular weight excluding hydrogens is 350 g/mol. The quantitative estimate of drug-likeness (QED) is 0.467. The number of carbonyl (C=O) groups is 2. The third-order valence-corrected chi connectivity index (χ3v) is 5.08. The molecule has 1 aromatic carbocycles. The number of allylic oxidation sites excluding steroid dienone is 1. The highest BCUT2D eigenvalue weighted by atomic mass is 16.6. The van der Waals surface area contributed by atoms with Gasteiger partial charge in [0.05, 0.1) is 23.1 Å². The van der Waals surface area contributed by atoms with Gasteiger partial charge in [0, 0.05) is 17.8 Å². The van der Waals surface area contributed by atoms with Crippen LogP contribution in [-0.4, -0.2) is 23.5 Å². The van der Waals surface area contributed by atoms with Crippen molar-refractivity contribution in [3.63, 3.8) is 0 Å². The number of hydrogen-bond acceptors (Lipinski definition) is 5. The lowest BCUT2D eigenvalue weighted by atomic mass is 9.90. The van der Waals surface area contributed by atoms with Crippen LogP contribution in [0.4, 0.5) is 10.5 Å². The van der Waals surface area contributed by atoms with E-state index in [2.05, 4.69) is 10.6 Å². The molecule has 0 aromatic heterocycles. The van der Waals surface area contributed by atoms with Gasteiger partial charge in [-0.3, -0.25) is 10.1 Å². The van der Waals surface area contributed by atoms with Gasteiger partial charge in [0.2, 0.25) is 0 Å². The van der Waals surface area contributed by atoms with Crippen molar-refractivity contribution in [1.29, 1.82) is 0 Å². The lowest BCUT2D eigenvalue weighted by Crippen LogP contribution is -2.45. The van der Waals surface area contributed by atoms with Crippen molar-refractivity contribution in [1.82, 2.24) is 10.6 Å². The number of non-ortho nitro benzene ring substituents is 1. The van der Waals surface area contributed by atoms with Crippen molar-refractivity contribution in [2.75, 3.05) is 6.61 Å². The van der Waals surface area contributed by atoms with E-state index < -0.39 is 23.0 Å². The topological polar surface area (TPSA) is 111 Å². The first-order valence-corrected chi connectivity index (χ1v) is 9.15. The van der Waals surface area contributed by atoms with E-state index in [0.29, 0.717) is 23.8 Å². The number of nitrogens with zero attached hydrogens (tertiary/aromatic N) is 1. The first-order chi connectivity index (χ1) is 13.0. The summed E-state index contributed by atoms with van der Waals surface area (Å²) >= 11 is 0. The zero-order valence-corrected chi connectivity index (χ0v) is 15.2. The predicted octanol–water partition coefficient (Wildman–Crippen LogP) is 3.35. The summed E-state index contributed by atoms with van der Waals surface area (Å²) in [6.45, 7) is 1.98. The molecule has 144 valence electrons. The number of hydrogen-bond donors (Lipinski definition) is 2. The summed E-state index contributed by atoms with van der Waals surface area (Å²) in [6.07, 6.45) is 5.62. The van der Waals surface area contributed by atoms with Crippen LogP contribution in [0.15, 0.2) is 35.5 Å². The summed E-state index contributed by atoms with van der Waals surface area (Å²) in [7, 11) is 0. The number of nitro groups is 1. The summed E-state index contributed by atoms with van der Waals surface area (Å²) in [5, 5.41) is 16.3. The van der Waals surface area contributed by atoms with Crippen LogP contribution in [0.1, 0.15) is 50.6 Å². The molecule has 0 unspecified atom stereocenters. The molecular formula is C19H23N3O5. The molecule has 1 saturated carbocycles. The van der Waals surface area contributed by atoms with Crippen molar-refractivity contribution in [2.24, 2.45) is 5.92 Å². The molecule has 2 aliphatic rings. The third kappa shape index (κ3) is 4.45. The van der Waals surface area contributed by atoms with E-state index in [1.165, 1.54) is 24.6 Å². The summed E-state index contributed by atoms with van der Waals surface area (Å²) in [4.78, 5) is 35.2. The molecule has 3 rings (SSSR count). The predicted molar refractivity (Wildman–Crippen MR) is 97.7 cm³/mol. The molecule has 8 heteroatoms. The Bertz CT molecular complexity index is 783. The SMILES string of the molecule is CC1=C(C(=O)OCC2CCCCC2)[C@@H](c2cccc([N+](=O)[O-])c2)NC(=O)N1. The Labute approximate surface area is 157 Å². The Morgan fingerprint density at radius 1 is 1.30 bits per heavy atom. The number of esters is 1. The van der Waals surface area contributed by atoms with E-state index in [4.69, 9.17) is 4.74 Å². The lowest BCUT2D eigenvalue weighted by Gasteiger charge is -2.29. The fraction of sp³-hybridized carbons (Fsp3) is 0.474. The molecule has 2 N–H and O–H groups in total. The second-order valence-electron chi connectivity index (χ2n) is 7.02. The maximum absolute atomic E-state index is 12.8. The molecule has 8 nitrogen and oxygen atoms in total. The Hall–Kier alpha value is -2.90. The molecule has 0 radical (unpaired) electrons. The zero-order valence-electron chi connectivity index (χ0n) is 15.2. The normalized spacial score (nSPS) is 20.6. The Morgan fingerprint density at radius 2 is 2.04 bits per heavy atom. The molecule has 1 heterocycles. The Morgan fingerprint density at radius 3 is 2.74 bits per heavy atom. The van der Waals surface area contributed by atoms with Gasteiger partial charge in [-0.1, -0.05) is 31.4 Å². The maximum atomic E-state index is 12.8. The summed E-state index contributed by atoms with van der Waals surface area (Å²) in [5.74, 6) is -0.145. The van der Waals surface area contributed by atoms with Gasteiger partial charge in [0.15, 0.2) is 0 Å². The number of nitrogens with one attached hydrogen (secondary N) is 2. The van der Waals surface area contributed by atoms with Gasteiger partial charge >= 0.3 is 12.0 Å². The number of amides is 2. The Balaban J connectivity index is 1.82. The standard InChI is InChI=1S/C19H23N3O5/c1-12-16(18(23)27-11-13-6-3-2-4-7-13)17(21-19(24)20-12)14-8-5-9-15(10-14)22(25)26/h5,8-10,13,17H,2-4,6-7,11H2,1H3,(H2,20,21,24)/t17-/m1/s1. The van der Waals surface area contributed by atoms with Crippen LogP contribution in [0.25, 0.3) is 0 Å². The summed E-state index contributed by atoms with van der Waals surface area (Å²) < 4.78 is 5.53. The molecule has 1 aromatic rings. The number of rotatable bonds is 5. The van der Waals surface area contributed by atoms with Crippen molar-refractivity contribution in [3.8, 4) is 0 Å². The van der Waals surface area contributed by atoms with Crippen molar-refractivity contribution in [3.05, 3.63) is 51.2 Å². The number of nitro benzene ring substituents is 1. The van der Waals surface area contributed by atoms with E-state index >= 15 is 0 Å². The van der Waals surface area contributed by atoms with Crippen molar-refractivity contribution < 1.29 is 19.2 Å². The van der Waals surface area contributed by atoms with E-state index in [1.807, 2.05) is 0 Å². The molecule has 0 spiro atoms. The van der Waals surface area contributed by atoms with Gasteiger partial charge in [-0.05, 0) is 31.2 Å². The van der Waals surface area contributed by atoms with Gasteiger partial charge in [0.25, 0.3) is 5.69 Å². The highest BCUT2D eigenvalue weighted by molar-refractivity contribution is 5.95. The fourth-order valence-corrected chi connectivity index (χ4v) is 3.66. The van der Waals surface area contributed by atoms with E-state index in [-0.39, 0.29) is 11.3 Å². The third-order valence-electron chi connectivity index (χ3n) is 5.08. The molecule has 1 aliphatic carbocycles. The van der Waals surface area contributed by atoms with Gasteiger partial charge in [-0.25, -0.2) is 9.59 Å². The van der Waals surface area contributed by atoms with Gasteiger partial charge in [-0.15, -0.1) is 0 Å². The largest absolute Gasteiger partial charge is 0.462 e. The number of benzene rings is 1. The van der Waals surface area contributed by atoms with Crippen molar-refractivity contribution >= 4 is 17.7 Å². The smallest absolute Gasteiger partial charge is 0.338 e. The van der Waals surface area contributed by atoms with Crippen LogP contribution in [-0.2, 0) is 9.53 Å². The summed E-state index contributed by atoms with van der Waals surface area (Å²) in [5.41, 5.74) is 1.02. The molecule has 2 amide bonds. The minimum atomic E-state index is -0.794. The minimum absolute atomic E-state index is 0.104. The molecule has 1 aliphatic heterocycles. The van der Waals surface area contributed by atoms with E-state index in [1.54, 1.807) is 13.0 Å². The maximum Gasteiger partial charge on any atom is 0.338 e. The minimum Gasteiger partial charge on any atom is -0.462 e. The number of carbonyl (C=O) groups excluding carboxylic acids is 2. The Kier molecular flexibility index (Phi) is 5.73. The van der Waals surface area contributed by atoms with Crippen LogP contribution in [0, 0.1) is 16.0 Å². The fourth-order valence-electron chi connectivity index (χ4n) is 3.66. The van der Waals surface area contributed by atoms with Crippen molar-refractivity contribution in [2.45, 2.75) is 45.1 Å². The van der Waals surface area contributed by atoms with Crippen LogP contribution in [0.3, 0.4) is 0 Å². The first kappa shape index (κ1) is 18.9. The van der Waals surface area contributed by atoms with Crippen LogP contribution < -0.4 is 10.6 Å². The second-order valence-corrected chi connectivity index (χ2v) is 7.02. The molecule has 0 bridgehead atoms.